The van der Waals surface area contributed by atoms with Crippen LogP contribution in [0, 0.1) is 6.92 Å². The average Bonchev–Trinajstić information content (AvgIpc) is 3.16. The molecule has 26 heavy (non-hydrogen) atoms. The van der Waals surface area contributed by atoms with Gasteiger partial charge in [0.05, 0.1) is 30.3 Å². The molecule has 0 aliphatic heterocycles. The number of halogens is 1. The van der Waals surface area contributed by atoms with Crippen molar-refractivity contribution in [1.29, 1.82) is 0 Å². The van der Waals surface area contributed by atoms with E-state index in [2.05, 4.69) is 5.32 Å². The Bertz CT molecular complexity index is 891. The first-order chi connectivity index (χ1) is 12.6. The van der Waals surface area contributed by atoms with Gasteiger partial charge in [-0.25, -0.2) is 0 Å². The van der Waals surface area contributed by atoms with E-state index in [-0.39, 0.29) is 18.4 Å². The number of anilines is 1. The fourth-order valence-electron chi connectivity index (χ4n) is 2.90. The third kappa shape index (κ3) is 4.27. The van der Waals surface area contributed by atoms with Gasteiger partial charge in [-0.2, -0.15) is 0 Å². The molecule has 0 spiro atoms. The molecule has 1 atom stereocenters. The highest BCUT2D eigenvalue weighted by atomic mass is 35.5. The van der Waals surface area contributed by atoms with Gasteiger partial charge < -0.3 is 14.6 Å². The van der Waals surface area contributed by atoms with Gasteiger partial charge in [-0.15, -0.1) is 0 Å². The summed E-state index contributed by atoms with van der Waals surface area (Å²) in [6, 6.07) is 17.1. The van der Waals surface area contributed by atoms with Crippen LogP contribution in [0.2, 0.25) is 5.02 Å². The van der Waals surface area contributed by atoms with Gasteiger partial charge >= 0.3 is 0 Å². The topological polar surface area (TPSA) is 43.3 Å². The smallest absolute Gasteiger partial charge is 0.226 e. The zero-order chi connectivity index (χ0) is 18.5. The molecule has 0 aliphatic rings. The summed E-state index contributed by atoms with van der Waals surface area (Å²) in [5.41, 5.74) is 2.68. The molecule has 3 rings (SSSR count). The second-order valence-electron chi connectivity index (χ2n) is 6.16. The quantitative estimate of drug-likeness (QED) is 0.659. The van der Waals surface area contributed by atoms with Crippen LogP contribution in [0.15, 0.2) is 67.0 Å². The molecule has 0 radical (unpaired) electrons. The van der Waals surface area contributed by atoms with E-state index < -0.39 is 0 Å². The lowest BCUT2D eigenvalue weighted by molar-refractivity contribution is -0.116. The SMILES string of the molecule is COc1cccc([C@@H](CC(=O)Nc2ccc(C)cc2Cl)n2cccc2)c1. The maximum absolute atomic E-state index is 12.7. The number of nitrogens with zero attached hydrogens (tertiary/aromatic N) is 1. The van der Waals surface area contributed by atoms with Gasteiger partial charge in [0, 0.05) is 12.4 Å². The van der Waals surface area contributed by atoms with E-state index in [9.17, 15) is 4.79 Å². The highest BCUT2D eigenvalue weighted by Gasteiger charge is 2.18. The lowest BCUT2D eigenvalue weighted by atomic mass is 10.0. The number of nitrogens with one attached hydrogen (secondary N) is 1. The fraction of sp³-hybridized carbons (Fsp3) is 0.190. The summed E-state index contributed by atoms with van der Waals surface area (Å²) in [5, 5.41) is 3.45. The van der Waals surface area contributed by atoms with Gasteiger partial charge in [-0.05, 0) is 54.4 Å². The van der Waals surface area contributed by atoms with Crippen molar-refractivity contribution in [1.82, 2.24) is 4.57 Å². The Balaban J connectivity index is 1.82. The predicted molar refractivity (Wildman–Crippen MR) is 105 cm³/mol. The largest absolute Gasteiger partial charge is 0.497 e. The molecule has 4 nitrogen and oxygen atoms in total. The molecule has 0 unspecified atom stereocenters. The monoisotopic (exact) mass is 368 g/mol. The zero-order valence-corrected chi connectivity index (χ0v) is 15.5. The molecule has 0 fully saturated rings. The van der Waals surface area contributed by atoms with Crippen LogP contribution in [0.4, 0.5) is 5.69 Å². The Morgan fingerprint density at radius 3 is 2.62 bits per heavy atom. The predicted octanol–water partition coefficient (Wildman–Crippen LogP) is 5.08. The maximum atomic E-state index is 12.7. The van der Waals surface area contributed by atoms with Gasteiger partial charge in [0.1, 0.15) is 5.75 Å². The number of amides is 1. The van der Waals surface area contributed by atoms with Crippen molar-refractivity contribution in [3.8, 4) is 5.75 Å². The van der Waals surface area contributed by atoms with Crippen LogP contribution in [-0.4, -0.2) is 17.6 Å². The molecule has 5 heteroatoms. The Morgan fingerprint density at radius 1 is 1.15 bits per heavy atom. The molecular weight excluding hydrogens is 348 g/mol. The molecule has 1 aromatic heterocycles. The molecule has 0 saturated carbocycles. The van der Waals surface area contributed by atoms with Crippen LogP contribution in [0.1, 0.15) is 23.6 Å². The van der Waals surface area contributed by atoms with Crippen LogP contribution >= 0.6 is 11.6 Å². The Hall–Kier alpha value is -2.72. The van der Waals surface area contributed by atoms with Crippen LogP contribution in [0.5, 0.6) is 5.75 Å². The van der Waals surface area contributed by atoms with Crippen molar-refractivity contribution in [2.45, 2.75) is 19.4 Å². The van der Waals surface area contributed by atoms with Crippen LogP contribution in [0.25, 0.3) is 0 Å². The van der Waals surface area contributed by atoms with Crippen molar-refractivity contribution in [2.75, 3.05) is 12.4 Å². The highest BCUT2D eigenvalue weighted by Crippen LogP contribution is 2.28. The third-order valence-electron chi connectivity index (χ3n) is 4.24. The normalized spacial score (nSPS) is 11.8. The van der Waals surface area contributed by atoms with E-state index in [1.807, 2.05) is 78.5 Å². The van der Waals surface area contributed by atoms with Gasteiger partial charge in [0.15, 0.2) is 0 Å². The number of hydrogen-bond acceptors (Lipinski definition) is 2. The molecule has 2 aromatic carbocycles. The van der Waals surface area contributed by atoms with Gasteiger partial charge in [-0.1, -0.05) is 29.8 Å². The van der Waals surface area contributed by atoms with E-state index >= 15 is 0 Å². The first-order valence-electron chi connectivity index (χ1n) is 8.39. The molecule has 134 valence electrons. The van der Waals surface area contributed by atoms with Crippen molar-refractivity contribution in [3.05, 3.63) is 83.1 Å². The minimum absolute atomic E-state index is 0.0997. The standard InChI is InChI=1S/C21H21ClN2O2/c1-15-8-9-19(18(22)12-15)23-21(25)14-20(24-10-3-4-11-24)16-6-5-7-17(13-16)26-2/h3-13,20H,14H2,1-2H3,(H,23,25)/t20-/m1/s1. The number of aromatic nitrogens is 1. The molecular formula is C21H21ClN2O2. The van der Waals surface area contributed by atoms with Gasteiger partial charge in [0.25, 0.3) is 0 Å². The lowest BCUT2D eigenvalue weighted by Gasteiger charge is -2.20. The number of carbonyl (C=O) groups is 1. The molecule has 1 heterocycles. The second-order valence-corrected chi connectivity index (χ2v) is 6.57. The summed E-state index contributed by atoms with van der Waals surface area (Å²) in [6.07, 6.45) is 4.19. The van der Waals surface area contributed by atoms with Crippen molar-refractivity contribution in [3.63, 3.8) is 0 Å². The maximum Gasteiger partial charge on any atom is 0.226 e. The minimum Gasteiger partial charge on any atom is -0.497 e. The summed E-state index contributed by atoms with van der Waals surface area (Å²) in [7, 11) is 1.63. The first kappa shape index (κ1) is 18.1. The van der Waals surface area contributed by atoms with E-state index in [1.54, 1.807) is 7.11 Å². The summed E-state index contributed by atoms with van der Waals surface area (Å²) in [4.78, 5) is 12.7. The number of methoxy groups -OCH3 is 1. The van der Waals surface area contributed by atoms with E-state index in [4.69, 9.17) is 16.3 Å². The van der Waals surface area contributed by atoms with Gasteiger partial charge in [0.2, 0.25) is 5.91 Å². The summed E-state index contributed by atoms with van der Waals surface area (Å²) in [5.74, 6) is 0.666. The Labute approximate surface area is 158 Å². The molecule has 0 bridgehead atoms. The summed E-state index contributed by atoms with van der Waals surface area (Å²) >= 11 is 6.23. The van der Waals surface area contributed by atoms with Crippen LogP contribution in [-0.2, 0) is 4.79 Å². The minimum atomic E-state index is -0.135. The van der Waals surface area contributed by atoms with Crippen LogP contribution < -0.4 is 10.1 Å². The van der Waals surface area contributed by atoms with Crippen molar-refractivity contribution in [2.24, 2.45) is 0 Å². The Morgan fingerprint density at radius 2 is 1.92 bits per heavy atom. The van der Waals surface area contributed by atoms with Gasteiger partial charge in [-0.3, -0.25) is 4.79 Å². The lowest BCUT2D eigenvalue weighted by Crippen LogP contribution is -2.19. The van der Waals surface area contributed by atoms with Crippen molar-refractivity contribution < 1.29 is 9.53 Å². The van der Waals surface area contributed by atoms with E-state index in [0.717, 1.165) is 16.9 Å². The average molecular weight is 369 g/mol. The number of aryl methyl sites for hydroxylation is 1. The molecule has 0 saturated heterocycles. The number of hydrogen-bond donors (Lipinski definition) is 1. The number of rotatable bonds is 6. The summed E-state index contributed by atoms with van der Waals surface area (Å²) in [6.45, 7) is 1.96. The van der Waals surface area contributed by atoms with E-state index in [1.165, 1.54) is 0 Å². The molecule has 1 N–H and O–H groups in total. The fourth-order valence-corrected chi connectivity index (χ4v) is 3.18. The highest BCUT2D eigenvalue weighted by molar-refractivity contribution is 6.33. The zero-order valence-electron chi connectivity index (χ0n) is 14.8. The first-order valence-corrected chi connectivity index (χ1v) is 8.77. The van der Waals surface area contributed by atoms with Crippen molar-refractivity contribution >= 4 is 23.2 Å². The van der Waals surface area contributed by atoms with Crippen LogP contribution in [0.3, 0.4) is 0 Å². The summed E-state index contributed by atoms with van der Waals surface area (Å²) < 4.78 is 7.34. The Kier molecular flexibility index (Phi) is 5.64. The van der Waals surface area contributed by atoms with E-state index in [0.29, 0.717) is 10.7 Å². The number of ether oxygens (including phenoxy) is 1. The third-order valence-corrected chi connectivity index (χ3v) is 4.56. The number of benzene rings is 2. The molecule has 1 amide bonds. The molecule has 0 aliphatic carbocycles. The molecule has 3 aromatic rings. The number of carbonyl (C=O) groups excluding carboxylic acids is 1. The second kappa shape index (κ2) is 8.11.